The van der Waals surface area contributed by atoms with Crippen molar-refractivity contribution in [1.82, 2.24) is 4.98 Å². The molecule has 1 aromatic heterocycles. The molecule has 4 aromatic rings. The van der Waals surface area contributed by atoms with Gasteiger partial charge in [0.2, 0.25) is 5.91 Å². The number of hydrogen-bond acceptors (Lipinski definition) is 4. The van der Waals surface area contributed by atoms with Crippen molar-refractivity contribution in [3.63, 3.8) is 0 Å². The molecule has 3 aromatic carbocycles. The van der Waals surface area contributed by atoms with Crippen LogP contribution in [0.2, 0.25) is 0 Å². The number of hydrogen-bond donors (Lipinski definition) is 3. The van der Waals surface area contributed by atoms with Gasteiger partial charge in [-0.25, -0.2) is 0 Å². The van der Waals surface area contributed by atoms with E-state index in [4.69, 9.17) is 9.47 Å². The smallest absolute Gasteiger partial charge is 0.265 e. The van der Waals surface area contributed by atoms with Crippen LogP contribution in [-0.2, 0) is 16.0 Å². The summed E-state index contributed by atoms with van der Waals surface area (Å²) in [6, 6.07) is 21.2. The average molecular weight is 456 g/mol. The van der Waals surface area contributed by atoms with Gasteiger partial charge in [-0.05, 0) is 73.0 Å². The van der Waals surface area contributed by atoms with Crippen LogP contribution in [0.3, 0.4) is 0 Å². The fourth-order valence-corrected chi connectivity index (χ4v) is 4.21. The van der Waals surface area contributed by atoms with E-state index in [1.165, 1.54) is 0 Å². The van der Waals surface area contributed by atoms with Gasteiger partial charge in [0.05, 0.1) is 12.8 Å². The molecule has 0 saturated heterocycles. The van der Waals surface area contributed by atoms with Crippen molar-refractivity contribution in [2.45, 2.75) is 25.9 Å². The molecule has 0 radical (unpaired) electrons. The maximum Gasteiger partial charge on any atom is 0.265 e. The Bertz CT molecular complexity index is 1370. The molecule has 0 spiro atoms. The van der Waals surface area contributed by atoms with Crippen LogP contribution in [0.15, 0.2) is 66.7 Å². The van der Waals surface area contributed by atoms with Gasteiger partial charge >= 0.3 is 0 Å². The van der Waals surface area contributed by atoms with Gasteiger partial charge in [0.1, 0.15) is 11.5 Å². The molecule has 2 amide bonds. The maximum atomic E-state index is 12.8. The third kappa shape index (κ3) is 4.20. The number of aromatic amines is 1. The highest BCUT2D eigenvalue weighted by atomic mass is 16.5. The second kappa shape index (κ2) is 8.94. The van der Waals surface area contributed by atoms with Crippen LogP contribution in [0.4, 0.5) is 11.4 Å². The van der Waals surface area contributed by atoms with E-state index in [1.807, 2.05) is 42.5 Å². The molecule has 1 atom stereocenters. The van der Waals surface area contributed by atoms with Gasteiger partial charge in [0.25, 0.3) is 5.91 Å². The molecular weight excluding hydrogens is 430 g/mol. The van der Waals surface area contributed by atoms with E-state index >= 15 is 0 Å². The zero-order chi connectivity index (χ0) is 23.7. The molecule has 34 heavy (non-hydrogen) atoms. The van der Waals surface area contributed by atoms with Crippen molar-refractivity contribution >= 4 is 34.1 Å². The number of H-pyrrole nitrogens is 1. The van der Waals surface area contributed by atoms with E-state index < -0.39 is 6.10 Å². The highest BCUT2D eigenvalue weighted by molar-refractivity contribution is 5.99. The van der Waals surface area contributed by atoms with Crippen LogP contribution in [0.25, 0.3) is 22.2 Å². The number of rotatable bonds is 6. The zero-order valence-corrected chi connectivity index (χ0v) is 19.0. The van der Waals surface area contributed by atoms with Crippen molar-refractivity contribution in [3.8, 4) is 22.8 Å². The minimum absolute atomic E-state index is 0.109. The summed E-state index contributed by atoms with van der Waals surface area (Å²) < 4.78 is 10.9. The van der Waals surface area contributed by atoms with Crippen LogP contribution in [0, 0.1) is 0 Å². The van der Waals surface area contributed by atoms with E-state index in [1.54, 1.807) is 32.2 Å². The molecule has 7 nitrogen and oxygen atoms in total. The molecule has 0 bridgehead atoms. The lowest BCUT2D eigenvalue weighted by molar-refractivity contribution is -0.122. The van der Waals surface area contributed by atoms with E-state index in [2.05, 4.69) is 21.7 Å². The predicted molar refractivity (Wildman–Crippen MR) is 132 cm³/mol. The number of carbonyl (C=O) groups excluding carboxylic acids is 2. The quantitative estimate of drug-likeness (QED) is 0.376. The number of nitrogens with one attached hydrogen (secondary N) is 3. The van der Waals surface area contributed by atoms with E-state index in [0.29, 0.717) is 30.0 Å². The Kier molecular flexibility index (Phi) is 5.67. The first-order valence-corrected chi connectivity index (χ1v) is 11.2. The lowest BCUT2D eigenvalue weighted by Crippen LogP contribution is -2.34. The number of carbonyl (C=O) groups is 2. The summed E-state index contributed by atoms with van der Waals surface area (Å²) in [6.45, 7) is 1.69. The maximum absolute atomic E-state index is 12.8. The zero-order valence-electron chi connectivity index (χ0n) is 19.0. The summed E-state index contributed by atoms with van der Waals surface area (Å²) in [5.74, 6) is 1.07. The van der Waals surface area contributed by atoms with Crippen molar-refractivity contribution in [2.24, 2.45) is 0 Å². The Morgan fingerprint density at radius 2 is 1.88 bits per heavy atom. The fourth-order valence-electron chi connectivity index (χ4n) is 4.21. The Labute approximate surface area is 197 Å². The lowest BCUT2D eigenvalue weighted by Gasteiger charge is -2.23. The fraction of sp³-hybridized carbons (Fsp3) is 0.185. The molecule has 0 saturated carbocycles. The first kappa shape index (κ1) is 21.6. The molecule has 0 aliphatic carbocycles. The summed E-state index contributed by atoms with van der Waals surface area (Å²) in [5, 5.41) is 6.83. The normalized spacial score (nSPS) is 14.8. The largest absolute Gasteiger partial charge is 0.497 e. The highest BCUT2D eigenvalue weighted by Crippen LogP contribution is 2.34. The number of ether oxygens (including phenoxy) is 2. The Hall–Kier alpha value is -4.26. The topological polar surface area (TPSA) is 92.5 Å². The van der Waals surface area contributed by atoms with Crippen LogP contribution in [0.5, 0.6) is 11.5 Å². The number of fused-ring (bicyclic) bond motifs is 2. The summed E-state index contributed by atoms with van der Waals surface area (Å²) in [5.41, 5.74) is 5.32. The van der Waals surface area contributed by atoms with Crippen molar-refractivity contribution in [1.29, 1.82) is 0 Å². The number of benzene rings is 3. The lowest BCUT2D eigenvalue weighted by atomic mass is 10.0. The van der Waals surface area contributed by atoms with Gasteiger partial charge in [-0.2, -0.15) is 0 Å². The molecule has 0 fully saturated rings. The molecule has 3 N–H and O–H groups in total. The number of aryl methyl sites for hydroxylation is 1. The third-order valence-electron chi connectivity index (χ3n) is 5.99. The van der Waals surface area contributed by atoms with E-state index in [9.17, 15) is 9.59 Å². The monoisotopic (exact) mass is 455 g/mol. The Morgan fingerprint density at radius 3 is 2.68 bits per heavy atom. The van der Waals surface area contributed by atoms with Crippen molar-refractivity contribution < 1.29 is 19.1 Å². The van der Waals surface area contributed by atoms with Gasteiger partial charge in [-0.3, -0.25) is 9.59 Å². The molecule has 1 aliphatic rings. The first-order chi connectivity index (χ1) is 16.5. The highest BCUT2D eigenvalue weighted by Gasteiger charge is 2.23. The standard InChI is InChI=1S/C27H25N3O4/c1-16-27(32)30-23-15-18(9-13-24(23)34-16)28-25(31)14-12-21-20-5-3-4-6-22(20)29-26(21)17-7-10-19(33-2)11-8-17/h3-11,13,15-16,29H,12,14H2,1-2H3,(H,28,31)(H,30,32)/t16-/m1/s1. The number of anilines is 2. The summed E-state index contributed by atoms with van der Waals surface area (Å²) >= 11 is 0. The van der Waals surface area contributed by atoms with E-state index in [0.717, 1.165) is 33.5 Å². The summed E-state index contributed by atoms with van der Waals surface area (Å²) in [6.07, 6.45) is 0.339. The van der Waals surface area contributed by atoms with Gasteiger partial charge in [-0.1, -0.05) is 18.2 Å². The molecule has 172 valence electrons. The second-order valence-electron chi connectivity index (χ2n) is 8.26. The van der Waals surface area contributed by atoms with Crippen LogP contribution < -0.4 is 20.1 Å². The molecule has 2 heterocycles. The number of amides is 2. The average Bonchev–Trinajstić information content (AvgIpc) is 3.22. The molecule has 7 heteroatoms. The third-order valence-corrected chi connectivity index (χ3v) is 5.99. The van der Waals surface area contributed by atoms with Gasteiger partial charge in [0.15, 0.2) is 6.10 Å². The number of aromatic nitrogens is 1. The summed E-state index contributed by atoms with van der Waals surface area (Å²) in [4.78, 5) is 28.2. The Morgan fingerprint density at radius 1 is 1.09 bits per heavy atom. The first-order valence-electron chi connectivity index (χ1n) is 11.2. The minimum atomic E-state index is -0.538. The molecule has 1 aliphatic heterocycles. The van der Waals surface area contributed by atoms with E-state index in [-0.39, 0.29) is 11.8 Å². The molecule has 0 unspecified atom stereocenters. The predicted octanol–water partition coefficient (Wildman–Crippen LogP) is 5.13. The SMILES string of the molecule is COc1ccc(-c2[nH]c3ccccc3c2CCC(=O)Nc2ccc3c(c2)NC(=O)[C@@H](C)O3)cc1. The molecule has 5 rings (SSSR count). The van der Waals surface area contributed by atoms with Gasteiger partial charge in [0, 0.05) is 28.7 Å². The Balaban J connectivity index is 1.34. The summed E-state index contributed by atoms with van der Waals surface area (Å²) in [7, 11) is 1.64. The van der Waals surface area contributed by atoms with Crippen molar-refractivity contribution in [3.05, 3.63) is 72.3 Å². The van der Waals surface area contributed by atoms with Crippen LogP contribution in [0.1, 0.15) is 18.9 Å². The van der Waals surface area contributed by atoms with Crippen LogP contribution in [-0.4, -0.2) is 30.0 Å². The molecular formula is C27H25N3O4. The number of methoxy groups -OCH3 is 1. The second-order valence-corrected chi connectivity index (χ2v) is 8.26. The van der Waals surface area contributed by atoms with Gasteiger partial charge in [-0.15, -0.1) is 0 Å². The van der Waals surface area contributed by atoms with Crippen molar-refractivity contribution in [2.75, 3.05) is 17.7 Å². The van der Waals surface area contributed by atoms with Gasteiger partial charge < -0.3 is 25.1 Å². The minimum Gasteiger partial charge on any atom is -0.497 e. The van der Waals surface area contributed by atoms with Crippen LogP contribution >= 0.6 is 0 Å². The number of para-hydroxylation sites is 1.